The van der Waals surface area contributed by atoms with Gasteiger partial charge in [-0.15, -0.1) is 0 Å². The zero-order chi connectivity index (χ0) is 20.9. The number of aliphatic carboxylic acids is 1. The van der Waals surface area contributed by atoms with Gasteiger partial charge in [-0.05, 0) is 12.1 Å². The Morgan fingerprint density at radius 1 is 1.18 bits per heavy atom. The number of hydrogen-bond acceptors (Lipinski definition) is 5. The van der Waals surface area contributed by atoms with E-state index in [1.165, 1.54) is 0 Å². The quantitative estimate of drug-likeness (QED) is 0.645. The van der Waals surface area contributed by atoms with Crippen molar-refractivity contribution in [3.05, 3.63) is 18.2 Å². The van der Waals surface area contributed by atoms with Crippen LogP contribution in [-0.4, -0.2) is 55.4 Å². The summed E-state index contributed by atoms with van der Waals surface area (Å²) in [4.78, 5) is 21.0. The molecule has 1 aromatic carbocycles. The molecule has 3 N–H and O–H groups in total. The lowest BCUT2D eigenvalue weighted by atomic mass is 9.96. The average Bonchev–Trinajstić information content (AvgIpc) is 2.60. The fraction of sp³-hybridized carbons (Fsp3) is 0.500. The van der Waals surface area contributed by atoms with Crippen molar-refractivity contribution in [1.29, 1.82) is 0 Å². The SMILES string of the molecule is O=C(Nc1ccc2c(c1)OCCO2)C1CNCC(F)(F)C1.O=C(O)C(F)(F)F. The molecular weight excluding hydrogens is 395 g/mol. The molecule has 1 unspecified atom stereocenters. The summed E-state index contributed by atoms with van der Waals surface area (Å²) in [6, 6.07) is 5.00. The van der Waals surface area contributed by atoms with E-state index in [0.717, 1.165) is 0 Å². The van der Waals surface area contributed by atoms with Crippen LogP contribution >= 0.6 is 0 Å². The summed E-state index contributed by atoms with van der Waals surface area (Å²) in [7, 11) is 0. The molecule has 0 aliphatic carbocycles. The third kappa shape index (κ3) is 6.22. The minimum atomic E-state index is -5.08. The first-order chi connectivity index (χ1) is 13.0. The minimum Gasteiger partial charge on any atom is -0.486 e. The van der Waals surface area contributed by atoms with Gasteiger partial charge in [0.15, 0.2) is 11.5 Å². The molecule has 1 amide bonds. The fourth-order valence-corrected chi connectivity index (χ4v) is 2.48. The average molecular weight is 412 g/mol. The molecule has 1 saturated heterocycles. The Labute approximate surface area is 155 Å². The van der Waals surface area contributed by atoms with Crippen LogP contribution in [0.15, 0.2) is 18.2 Å². The van der Waals surface area contributed by atoms with E-state index in [1.54, 1.807) is 18.2 Å². The van der Waals surface area contributed by atoms with Crippen molar-refractivity contribution < 1.29 is 46.1 Å². The maximum atomic E-state index is 13.3. The molecule has 0 radical (unpaired) electrons. The maximum Gasteiger partial charge on any atom is 0.490 e. The van der Waals surface area contributed by atoms with Crippen LogP contribution in [0.2, 0.25) is 0 Å². The fourth-order valence-electron chi connectivity index (χ4n) is 2.48. The largest absolute Gasteiger partial charge is 0.490 e. The standard InChI is InChI=1S/C14H16F2N2O3.C2HF3O2/c15-14(16)6-9(7-17-8-14)13(19)18-10-1-2-11-12(5-10)21-4-3-20-11;3-2(4,5)1(6)7/h1-2,5,9,17H,3-4,6-8H2,(H,18,19);(H,6,7). The summed E-state index contributed by atoms with van der Waals surface area (Å²) in [5.41, 5.74) is 0.512. The van der Waals surface area contributed by atoms with Gasteiger partial charge in [0, 0.05) is 24.7 Å². The van der Waals surface area contributed by atoms with E-state index in [1.807, 2.05) is 0 Å². The normalized spacial score (nSPS) is 20.4. The number of rotatable bonds is 2. The van der Waals surface area contributed by atoms with Gasteiger partial charge in [0.05, 0.1) is 12.5 Å². The third-order valence-corrected chi connectivity index (χ3v) is 3.74. The first-order valence-electron chi connectivity index (χ1n) is 8.07. The molecule has 28 heavy (non-hydrogen) atoms. The Kier molecular flexibility index (Phi) is 6.65. The van der Waals surface area contributed by atoms with Gasteiger partial charge in [-0.25, -0.2) is 13.6 Å². The van der Waals surface area contributed by atoms with Crippen molar-refractivity contribution in [2.24, 2.45) is 5.92 Å². The highest BCUT2D eigenvalue weighted by Gasteiger charge is 2.39. The molecule has 1 aromatic rings. The molecule has 0 bridgehead atoms. The summed E-state index contributed by atoms with van der Waals surface area (Å²) in [5.74, 6) is -5.60. The number of halogens is 5. The molecule has 2 aliphatic heterocycles. The Morgan fingerprint density at radius 3 is 2.36 bits per heavy atom. The topological polar surface area (TPSA) is 96.9 Å². The second-order valence-electron chi connectivity index (χ2n) is 6.04. The Balaban J connectivity index is 0.000000345. The van der Waals surface area contributed by atoms with E-state index in [-0.39, 0.29) is 13.1 Å². The smallest absolute Gasteiger partial charge is 0.486 e. The lowest BCUT2D eigenvalue weighted by molar-refractivity contribution is -0.192. The van der Waals surface area contributed by atoms with Gasteiger partial charge in [-0.3, -0.25) is 4.79 Å². The summed E-state index contributed by atoms with van der Waals surface area (Å²) >= 11 is 0. The van der Waals surface area contributed by atoms with Crippen LogP contribution in [0.3, 0.4) is 0 Å². The van der Waals surface area contributed by atoms with Crippen LogP contribution in [0.1, 0.15) is 6.42 Å². The second kappa shape index (κ2) is 8.59. The second-order valence-corrected chi connectivity index (χ2v) is 6.04. The lowest BCUT2D eigenvalue weighted by Crippen LogP contribution is -2.47. The lowest BCUT2D eigenvalue weighted by Gasteiger charge is -2.29. The van der Waals surface area contributed by atoms with Crippen molar-refractivity contribution >= 4 is 17.6 Å². The number of alkyl halides is 5. The van der Waals surface area contributed by atoms with Crippen molar-refractivity contribution in [2.45, 2.75) is 18.5 Å². The minimum absolute atomic E-state index is 0.256. The molecular formula is C16H17F5N2O5. The number of amides is 1. The number of hydrogen-bond donors (Lipinski definition) is 3. The van der Waals surface area contributed by atoms with Gasteiger partial charge in [0.1, 0.15) is 13.2 Å². The van der Waals surface area contributed by atoms with Gasteiger partial charge in [-0.2, -0.15) is 13.2 Å². The van der Waals surface area contributed by atoms with Gasteiger partial charge in [0.25, 0.3) is 5.92 Å². The molecule has 156 valence electrons. The number of benzene rings is 1. The molecule has 0 saturated carbocycles. The zero-order valence-corrected chi connectivity index (χ0v) is 14.3. The highest BCUT2D eigenvalue weighted by atomic mass is 19.4. The van der Waals surface area contributed by atoms with Gasteiger partial charge < -0.3 is 25.2 Å². The predicted molar refractivity (Wildman–Crippen MR) is 85.7 cm³/mol. The number of ether oxygens (including phenoxy) is 2. The molecule has 1 atom stereocenters. The molecule has 2 heterocycles. The molecule has 2 aliphatic rings. The molecule has 7 nitrogen and oxygen atoms in total. The summed E-state index contributed by atoms with van der Waals surface area (Å²) in [5, 5.41) is 12.4. The van der Waals surface area contributed by atoms with E-state index in [4.69, 9.17) is 19.4 Å². The Morgan fingerprint density at radius 2 is 1.79 bits per heavy atom. The highest BCUT2D eigenvalue weighted by molar-refractivity contribution is 5.93. The van der Waals surface area contributed by atoms with Gasteiger partial charge in [0.2, 0.25) is 5.91 Å². The molecule has 0 aromatic heterocycles. The third-order valence-electron chi connectivity index (χ3n) is 3.74. The van der Waals surface area contributed by atoms with E-state index in [0.29, 0.717) is 30.4 Å². The maximum absolute atomic E-state index is 13.3. The van der Waals surface area contributed by atoms with Crippen LogP contribution in [0.25, 0.3) is 0 Å². The zero-order valence-electron chi connectivity index (χ0n) is 14.3. The Bertz CT molecular complexity index is 726. The van der Waals surface area contributed by atoms with Crippen LogP contribution in [0.4, 0.5) is 27.6 Å². The first-order valence-corrected chi connectivity index (χ1v) is 8.07. The van der Waals surface area contributed by atoms with Gasteiger partial charge in [-0.1, -0.05) is 0 Å². The number of carbonyl (C=O) groups is 2. The van der Waals surface area contributed by atoms with Crippen molar-refractivity contribution in [2.75, 3.05) is 31.6 Å². The summed E-state index contributed by atoms with van der Waals surface area (Å²) in [6.07, 6.45) is -5.52. The number of piperidine rings is 1. The van der Waals surface area contributed by atoms with E-state index >= 15 is 0 Å². The van der Waals surface area contributed by atoms with Crippen LogP contribution in [0.5, 0.6) is 11.5 Å². The Hall–Kier alpha value is -2.63. The first kappa shape index (κ1) is 21.7. The monoisotopic (exact) mass is 412 g/mol. The van der Waals surface area contributed by atoms with E-state index in [9.17, 15) is 26.7 Å². The number of anilines is 1. The number of carboxylic acids is 1. The van der Waals surface area contributed by atoms with E-state index in [2.05, 4.69) is 10.6 Å². The highest BCUT2D eigenvalue weighted by Crippen LogP contribution is 2.33. The molecule has 12 heteroatoms. The van der Waals surface area contributed by atoms with E-state index < -0.39 is 36.3 Å². The van der Waals surface area contributed by atoms with Crippen LogP contribution in [0, 0.1) is 5.92 Å². The van der Waals surface area contributed by atoms with Crippen molar-refractivity contribution in [3.8, 4) is 11.5 Å². The van der Waals surface area contributed by atoms with Crippen molar-refractivity contribution in [3.63, 3.8) is 0 Å². The van der Waals surface area contributed by atoms with Crippen LogP contribution < -0.4 is 20.1 Å². The number of carbonyl (C=O) groups excluding carboxylic acids is 1. The number of nitrogens with one attached hydrogen (secondary N) is 2. The summed E-state index contributed by atoms with van der Waals surface area (Å²) in [6.45, 7) is 0.817. The van der Waals surface area contributed by atoms with Crippen molar-refractivity contribution in [1.82, 2.24) is 5.32 Å². The molecule has 3 rings (SSSR count). The molecule has 0 spiro atoms. The van der Waals surface area contributed by atoms with Crippen LogP contribution in [-0.2, 0) is 9.59 Å². The van der Waals surface area contributed by atoms with Gasteiger partial charge >= 0.3 is 12.1 Å². The summed E-state index contributed by atoms with van der Waals surface area (Å²) < 4.78 is 69.1. The number of carboxylic acid groups (broad SMARTS) is 1. The molecule has 1 fully saturated rings. The predicted octanol–water partition coefficient (Wildman–Crippen LogP) is 2.27. The number of fused-ring (bicyclic) bond motifs is 1.